The molecule has 0 unspecified atom stereocenters. The van der Waals surface area contributed by atoms with Crippen LogP contribution in [0, 0.1) is 10.1 Å². The van der Waals surface area contributed by atoms with Crippen molar-refractivity contribution in [3.63, 3.8) is 0 Å². The summed E-state index contributed by atoms with van der Waals surface area (Å²) < 4.78 is 0. The Balaban J connectivity index is 1.96. The van der Waals surface area contributed by atoms with E-state index in [1.807, 2.05) is 24.3 Å². The fraction of sp³-hybridized carbons (Fsp3) is 0.238. The Labute approximate surface area is 174 Å². The molecule has 0 saturated heterocycles. The minimum absolute atomic E-state index is 0.0862. The number of rotatable bonds is 8. The van der Waals surface area contributed by atoms with E-state index in [1.54, 1.807) is 6.07 Å². The molecular formula is C21H22ClN5O2. The lowest BCUT2D eigenvalue weighted by Crippen LogP contribution is -2.23. The zero-order valence-corrected chi connectivity index (χ0v) is 17.1. The zero-order chi connectivity index (χ0) is 20.8. The van der Waals surface area contributed by atoms with E-state index in [2.05, 4.69) is 46.2 Å². The van der Waals surface area contributed by atoms with Crippen LogP contribution in [-0.4, -0.2) is 28.0 Å². The Morgan fingerprint density at radius 2 is 1.79 bits per heavy atom. The number of hydrogen-bond acceptors (Lipinski definition) is 6. The minimum Gasteiger partial charge on any atom is -0.357 e. The van der Waals surface area contributed by atoms with Crippen molar-refractivity contribution in [1.82, 2.24) is 9.97 Å². The molecule has 29 heavy (non-hydrogen) atoms. The van der Waals surface area contributed by atoms with E-state index in [0.717, 1.165) is 30.2 Å². The minimum atomic E-state index is -0.512. The van der Waals surface area contributed by atoms with Gasteiger partial charge in [0.15, 0.2) is 0 Å². The fourth-order valence-electron chi connectivity index (χ4n) is 3.00. The molecule has 0 amide bonds. The number of nitrogens with one attached hydrogen (secondary N) is 1. The SMILES string of the molecule is CCN(CC)c1cc(Cc2ccccc2)nc(Nc2ccc(Cl)c([N+](=O)[O-])c2)n1. The average Bonchev–Trinajstić information content (AvgIpc) is 2.71. The lowest BCUT2D eigenvalue weighted by Gasteiger charge is -2.21. The molecule has 0 saturated carbocycles. The smallest absolute Gasteiger partial charge is 0.289 e. The molecular weight excluding hydrogens is 390 g/mol. The summed E-state index contributed by atoms with van der Waals surface area (Å²) in [5.74, 6) is 1.19. The second kappa shape index (κ2) is 9.34. The van der Waals surface area contributed by atoms with Crippen LogP contribution in [0.15, 0.2) is 54.6 Å². The van der Waals surface area contributed by atoms with E-state index < -0.39 is 4.92 Å². The Morgan fingerprint density at radius 3 is 2.45 bits per heavy atom. The van der Waals surface area contributed by atoms with Crippen molar-refractivity contribution in [3.05, 3.63) is 81.0 Å². The predicted octanol–water partition coefficient (Wildman–Crippen LogP) is 5.22. The highest BCUT2D eigenvalue weighted by Crippen LogP contribution is 2.29. The van der Waals surface area contributed by atoms with Crippen LogP contribution in [0.25, 0.3) is 0 Å². The maximum Gasteiger partial charge on any atom is 0.289 e. The highest BCUT2D eigenvalue weighted by atomic mass is 35.5. The van der Waals surface area contributed by atoms with E-state index >= 15 is 0 Å². The van der Waals surface area contributed by atoms with Crippen LogP contribution in [0.3, 0.4) is 0 Å². The van der Waals surface area contributed by atoms with Gasteiger partial charge in [-0.15, -0.1) is 0 Å². The highest BCUT2D eigenvalue weighted by Gasteiger charge is 2.15. The second-order valence-corrected chi connectivity index (χ2v) is 6.83. The first-order chi connectivity index (χ1) is 14.0. The predicted molar refractivity (Wildman–Crippen MR) is 116 cm³/mol. The van der Waals surface area contributed by atoms with Crippen LogP contribution >= 0.6 is 11.6 Å². The molecule has 7 nitrogen and oxygen atoms in total. The number of nitrogens with zero attached hydrogens (tertiary/aromatic N) is 4. The number of benzene rings is 2. The van der Waals surface area contributed by atoms with Crippen molar-refractivity contribution in [2.24, 2.45) is 0 Å². The third kappa shape index (κ3) is 5.20. The van der Waals surface area contributed by atoms with Crippen LogP contribution in [0.1, 0.15) is 25.1 Å². The van der Waals surface area contributed by atoms with E-state index in [4.69, 9.17) is 11.6 Å². The molecule has 0 bridgehead atoms. The average molecular weight is 412 g/mol. The van der Waals surface area contributed by atoms with Crippen molar-refractivity contribution in [1.29, 1.82) is 0 Å². The number of hydrogen-bond donors (Lipinski definition) is 1. The summed E-state index contributed by atoms with van der Waals surface area (Å²) in [6.45, 7) is 5.75. The molecule has 1 heterocycles. The molecule has 0 aliphatic rings. The molecule has 2 aromatic carbocycles. The maximum atomic E-state index is 11.2. The molecule has 0 atom stereocenters. The maximum absolute atomic E-state index is 11.2. The molecule has 0 aliphatic heterocycles. The molecule has 0 radical (unpaired) electrons. The summed E-state index contributed by atoms with van der Waals surface area (Å²) in [6, 6.07) is 16.6. The first kappa shape index (κ1) is 20.5. The van der Waals surface area contributed by atoms with Crippen LogP contribution in [0.5, 0.6) is 0 Å². The van der Waals surface area contributed by atoms with Gasteiger partial charge in [0, 0.05) is 37.3 Å². The number of halogens is 1. The monoisotopic (exact) mass is 411 g/mol. The van der Waals surface area contributed by atoms with E-state index in [1.165, 1.54) is 12.1 Å². The number of aromatic nitrogens is 2. The summed E-state index contributed by atoms with van der Waals surface area (Å²) >= 11 is 5.91. The fourth-order valence-corrected chi connectivity index (χ4v) is 3.19. The lowest BCUT2D eigenvalue weighted by atomic mass is 10.1. The zero-order valence-electron chi connectivity index (χ0n) is 16.3. The third-order valence-corrected chi connectivity index (χ3v) is 4.80. The second-order valence-electron chi connectivity index (χ2n) is 6.42. The molecule has 3 aromatic rings. The van der Waals surface area contributed by atoms with Crippen LogP contribution < -0.4 is 10.2 Å². The molecule has 150 valence electrons. The van der Waals surface area contributed by atoms with E-state index in [-0.39, 0.29) is 10.7 Å². The highest BCUT2D eigenvalue weighted by molar-refractivity contribution is 6.32. The lowest BCUT2D eigenvalue weighted by molar-refractivity contribution is -0.384. The molecule has 0 aliphatic carbocycles. The van der Waals surface area contributed by atoms with Crippen molar-refractivity contribution in [3.8, 4) is 0 Å². The Bertz CT molecular complexity index is 994. The Kier molecular flexibility index (Phi) is 6.61. The summed E-state index contributed by atoms with van der Waals surface area (Å²) in [7, 11) is 0. The van der Waals surface area contributed by atoms with Gasteiger partial charge >= 0.3 is 0 Å². The van der Waals surface area contributed by atoms with Crippen molar-refractivity contribution < 1.29 is 4.92 Å². The molecule has 3 rings (SSSR count). The summed E-state index contributed by atoms with van der Waals surface area (Å²) in [6.07, 6.45) is 0.660. The quantitative estimate of drug-likeness (QED) is 0.404. The number of nitro groups is 1. The van der Waals surface area contributed by atoms with Gasteiger partial charge in [0.25, 0.3) is 5.69 Å². The summed E-state index contributed by atoms with van der Waals surface area (Å²) in [5.41, 5.74) is 2.34. The molecule has 0 spiro atoms. The van der Waals surface area contributed by atoms with Gasteiger partial charge in [-0.2, -0.15) is 4.98 Å². The van der Waals surface area contributed by atoms with Crippen LogP contribution in [0.4, 0.5) is 23.1 Å². The van der Waals surface area contributed by atoms with E-state index in [0.29, 0.717) is 18.1 Å². The standard InChI is InChI=1S/C21H22ClN5O2/c1-3-26(4-2)20-14-17(12-15-8-6-5-7-9-15)24-21(25-20)23-16-10-11-18(22)19(13-16)27(28)29/h5-11,13-14H,3-4,12H2,1-2H3,(H,23,24,25). The Morgan fingerprint density at radius 1 is 1.07 bits per heavy atom. The van der Waals surface area contributed by atoms with Gasteiger partial charge in [0.1, 0.15) is 10.8 Å². The first-order valence-electron chi connectivity index (χ1n) is 9.38. The van der Waals surface area contributed by atoms with Crippen molar-refractivity contribution >= 4 is 34.7 Å². The van der Waals surface area contributed by atoms with Crippen LogP contribution in [-0.2, 0) is 6.42 Å². The number of anilines is 3. The molecule has 1 aromatic heterocycles. The van der Waals surface area contributed by atoms with Gasteiger partial charge in [-0.1, -0.05) is 41.9 Å². The van der Waals surface area contributed by atoms with Gasteiger partial charge in [0.2, 0.25) is 5.95 Å². The number of nitro benzene ring substituents is 1. The first-order valence-corrected chi connectivity index (χ1v) is 9.75. The summed E-state index contributed by atoms with van der Waals surface area (Å²) in [4.78, 5) is 22.0. The Hall–Kier alpha value is -3.19. The molecule has 0 fully saturated rings. The van der Waals surface area contributed by atoms with Gasteiger partial charge in [0.05, 0.1) is 10.6 Å². The largest absolute Gasteiger partial charge is 0.357 e. The van der Waals surface area contributed by atoms with Gasteiger partial charge in [-0.3, -0.25) is 10.1 Å². The van der Waals surface area contributed by atoms with Gasteiger partial charge in [-0.25, -0.2) is 4.98 Å². The van der Waals surface area contributed by atoms with Crippen LogP contribution in [0.2, 0.25) is 5.02 Å². The van der Waals surface area contributed by atoms with Gasteiger partial charge < -0.3 is 10.2 Å². The summed E-state index contributed by atoms with van der Waals surface area (Å²) in [5, 5.41) is 14.3. The normalized spacial score (nSPS) is 10.6. The topological polar surface area (TPSA) is 84.2 Å². The van der Waals surface area contributed by atoms with Crippen molar-refractivity contribution in [2.75, 3.05) is 23.3 Å². The van der Waals surface area contributed by atoms with E-state index in [9.17, 15) is 10.1 Å². The van der Waals surface area contributed by atoms with Gasteiger partial charge in [-0.05, 0) is 31.5 Å². The third-order valence-electron chi connectivity index (χ3n) is 4.48. The molecule has 8 heteroatoms. The van der Waals surface area contributed by atoms with Crippen molar-refractivity contribution in [2.45, 2.75) is 20.3 Å². The molecule has 1 N–H and O–H groups in total.